The number of ether oxygens (including phenoxy) is 2. The molecule has 1 aromatic rings. The second-order valence-corrected chi connectivity index (χ2v) is 4.00. The standard InChI is InChI=1S/C13H18N2O5/c1-3-14-9-10-8-11(15(17)18)4-5-12(10)20-7-6-13(16)19-2/h4-5,8,14H,3,6-7,9H2,1-2H3. The van der Waals surface area contributed by atoms with Gasteiger partial charge in [-0.3, -0.25) is 14.9 Å². The lowest BCUT2D eigenvalue weighted by Gasteiger charge is -2.11. The quantitative estimate of drug-likeness (QED) is 0.443. The van der Waals surface area contributed by atoms with Gasteiger partial charge >= 0.3 is 5.97 Å². The van der Waals surface area contributed by atoms with Crippen LogP contribution in [0.15, 0.2) is 18.2 Å². The molecule has 0 radical (unpaired) electrons. The maximum absolute atomic E-state index is 11.0. The van der Waals surface area contributed by atoms with E-state index in [0.717, 1.165) is 6.54 Å². The van der Waals surface area contributed by atoms with Crippen LogP contribution >= 0.6 is 0 Å². The van der Waals surface area contributed by atoms with Crippen LogP contribution in [0.2, 0.25) is 0 Å². The van der Waals surface area contributed by atoms with Crippen molar-refractivity contribution < 1.29 is 19.2 Å². The number of carbonyl (C=O) groups is 1. The van der Waals surface area contributed by atoms with Crippen molar-refractivity contribution >= 4 is 11.7 Å². The number of rotatable bonds is 8. The van der Waals surface area contributed by atoms with Crippen LogP contribution in [0.5, 0.6) is 5.75 Å². The molecule has 0 aliphatic heterocycles. The fourth-order valence-corrected chi connectivity index (χ4v) is 1.56. The second-order valence-electron chi connectivity index (χ2n) is 4.00. The number of nitrogens with one attached hydrogen (secondary N) is 1. The van der Waals surface area contributed by atoms with Crippen LogP contribution in [0.4, 0.5) is 5.69 Å². The topological polar surface area (TPSA) is 90.7 Å². The van der Waals surface area contributed by atoms with Crippen LogP contribution in [0.25, 0.3) is 0 Å². The Bertz CT molecular complexity index is 476. The molecule has 7 heteroatoms. The first kappa shape index (κ1) is 15.9. The van der Waals surface area contributed by atoms with Gasteiger partial charge in [-0.1, -0.05) is 6.92 Å². The van der Waals surface area contributed by atoms with Crippen molar-refractivity contribution in [2.75, 3.05) is 20.3 Å². The van der Waals surface area contributed by atoms with Gasteiger partial charge in [0, 0.05) is 24.2 Å². The molecule has 0 saturated heterocycles. The van der Waals surface area contributed by atoms with Crippen molar-refractivity contribution in [3.8, 4) is 5.75 Å². The summed E-state index contributed by atoms with van der Waals surface area (Å²) in [5.41, 5.74) is 0.698. The summed E-state index contributed by atoms with van der Waals surface area (Å²) >= 11 is 0. The molecule has 110 valence electrons. The number of esters is 1. The first-order chi connectivity index (χ1) is 9.58. The summed E-state index contributed by atoms with van der Waals surface area (Å²) in [6.07, 6.45) is 0.133. The number of carbonyl (C=O) groups excluding carboxylic acids is 1. The van der Waals surface area contributed by atoms with Gasteiger partial charge in [0.2, 0.25) is 0 Å². The number of nitrogens with zero attached hydrogens (tertiary/aromatic N) is 1. The van der Waals surface area contributed by atoms with Crippen LogP contribution in [-0.4, -0.2) is 31.2 Å². The summed E-state index contributed by atoms with van der Waals surface area (Å²) in [6, 6.07) is 4.39. The molecule has 0 bridgehead atoms. The Morgan fingerprint density at radius 3 is 2.80 bits per heavy atom. The fourth-order valence-electron chi connectivity index (χ4n) is 1.56. The number of hydrogen-bond donors (Lipinski definition) is 1. The molecule has 0 saturated carbocycles. The predicted octanol–water partition coefficient (Wildman–Crippen LogP) is 1.65. The van der Waals surface area contributed by atoms with Crippen LogP contribution in [0.1, 0.15) is 18.9 Å². The summed E-state index contributed by atoms with van der Waals surface area (Å²) in [4.78, 5) is 21.3. The zero-order valence-electron chi connectivity index (χ0n) is 11.5. The third kappa shape index (κ3) is 4.85. The average molecular weight is 282 g/mol. The fraction of sp³-hybridized carbons (Fsp3) is 0.462. The maximum Gasteiger partial charge on any atom is 0.308 e. The molecule has 0 fully saturated rings. The highest BCUT2D eigenvalue weighted by atomic mass is 16.6. The van der Waals surface area contributed by atoms with Crippen molar-refractivity contribution in [1.29, 1.82) is 0 Å². The van der Waals surface area contributed by atoms with E-state index in [1.54, 1.807) is 6.07 Å². The zero-order chi connectivity index (χ0) is 15.0. The lowest BCUT2D eigenvalue weighted by molar-refractivity contribution is -0.384. The molecule has 0 atom stereocenters. The first-order valence-electron chi connectivity index (χ1n) is 6.26. The minimum atomic E-state index is -0.451. The van der Waals surface area contributed by atoms with E-state index in [2.05, 4.69) is 10.1 Å². The average Bonchev–Trinajstić information content (AvgIpc) is 2.45. The van der Waals surface area contributed by atoms with Gasteiger partial charge in [-0.2, -0.15) is 0 Å². The van der Waals surface area contributed by atoms with E-state index >= 15 is 0 Å². The predicted molar refractivity (Wildman–Crippen MR) is 72.6 cm³/mol. The van der Waals surface area contributed by atoms with Gasteiger partial charge in [0.25, 0.3) is 5.69 Å². The van der Waals surface area contributed by atoms with Crippen molar-refractivity contribution in [3.05, 3.63) is 33.9 Å². The molecule has 1 N–H and O–H groups in total. The summed E-state index contributed by atoms with van der Waals surface area (Å²) < 4.78 is 9.99. The second kappa shape index (κ2) is 8.11. The van der Waals surface area contributed by atoms with Gasteiger partial charge in [-0.15, -0.1) is 0 Å². The highest BCUT2D eigenvalue weighted by Gasteiger charge is 2.12. The number of non-ortho nitro benzene ring substituents is 1. The van der Waals surface area contributed by atoms with E-state index in [0.29, 0.717) is 17.9 Å². The van der Waals surface area contributed by atoms with E-state index < -0.39 is 4.92 Å². The summed E-state index contributed by atoms with van der Waals surface area (Å²) in [7, 11) is 1.31. The monoisotopic (exact) mass is 282 g/mol. The Labute approximate surface area is 117 Å². The van der Waals surface area contributed by atoms with E-state index in [9.17, 15) is 14.9 Å². The molecule has 0 aliphatic carbocycles. The molecule has 0 unspecified atom stereocenters. The normalized spacial score (nSPS) is 10.1. The van der Waals surface area contributed by atoms with Gasteiger partial charge in [-0.05, 0) is 12.6 Å². The molecule has 1 aromatic carbocycles. The van der Waals surface area contributed by atoms with Gasteiger partial charge < -0.3 is 14.8 Å². The molecule has 1 rings (SSSR count). The number of benzene rings is 1. The van der Waals surface area contributed by atoms with Crippen LogP contribution in [0, 0.1) is 10.1 Å². The molecule has 0 heterocycles. The molecule has 0 spiro atoms. The largest absolute Gasteiger partial charge is 0.493 e. The van der Waals surface area contributed by atoms with Crippen LogP contribution in [0.3, 0.4) is 0 Å². The lowest BCUT2D eigenvalue weighted by atomic mass is 10.1. The van der Waals surface area contributed by atoms with Crippen molar-refractivity contribution in [2.45, 2.75) is 19.9 Å². The Kier molecular flexibility index (Phi) is 6.45. The Hall–Kier alpha value is -2.15. The number of methoxy groups -OCH3 is 1. The highest BCUT2D eigenvalue weighted by molar-refractivity contribution is 5.69. The zero-order valence-corrected chi connectivity index (χ0v) is 11.5. The van der Waals surface area contributed by atoms with E-state index in [1.807, 2.05) is 6.92 Å². The van der Waals surface area contributed by atoms with Gasteiger partial charge in [-0.25, -0.2) is 0 Å². The summed E-state index contributed by atoms with van der Waals surface area (Å²) in [6.45, 7) is 3.31. The molecule has 20 heavy (non-hydrogen) atoms. The van der Waals surface area contributed by atoms with Crippen LogP contribution in [-0.2, 0) is 16.1 Å². The Balaban J connectivity index is 2.76. The smallest absolute Gasteiger partial charge is 0.308 e. The maximum atomic E-state index is 11.0. The minimum Gasteiger partial charge on any atom is -0.493 e. The molecule has 0 aliphatic rings. The SMILES string of the molecule is CCNCc1cc([N+](=O)[O-])ccc1OCCC(=O)OC. The van der Waals surface area contributed by atoms with Gasteiger partial charge in [0.15, 0.2) is 0 Å². The van der Waals surface area contributed by atoms with Crippen molar-refractivity contribution in [3.63, 3.8) is 0 Å². The number of nitro groups is 1. The lowest BCUT2D eigenvalue weighted by Crippen LogP contribution is -2.14. The van der Waals surface area contributed by atoms with Crippen LogP contribution < -0.4 is 10.1 Å². The summed E-state index contributed by atoms with van der Waals surface area (Å²) in [5.74, 6) is 0.167. The van der Waals surface area contributed by atoms with E-state index in [-0.39, 0.29) is 24.7 Å². The Morgan fingerprint density at radius 1 is 1.45 bits per heavy atom. The molecule has 0 aromatic heterocycles. The number of hydrogen-bond acceptors (Lipinski definition) is 6. The number of nitro benzene ring substituents is 1. The van der Waals surface area contributed by atoms with Gasteiger partial charge in [0.1, 0.15) is 5.75 Å². The highest BCUT2D eigenvalue weighted by Crippen LogP contribution is 2.24. The first-order valence-corrected chi connectivity index (χ1v) is 6.26. The van der Waals surface area contributed by atoms with Gasteiger partial charge in [0.05, 0.1) is 25.1 Å². The third-order valence-corrected chi connectivity index (χ3v) is 2.61. The third-order valence-electron chi connectivity index (χ3n) is 2.61. The summed E-state index contributed by atoms with van der Waals surface area (Å²) in [5, 5.41) is 13.9. The minimum absolute atomic E-state index is 0.0122. The molecule has 0 amide bonds. The molecule has 7 nitrogen and oxygen atoms in total. The van der Waals surface area contributed by atoms with E-state index in [1.165, 1.54) is 19.2 Å². The van der Waals surface area contributed by atoms with E-state index in [4.69, 9.17) is 4.74 Å². The molecular weight excluding hydrogens is 264 g/mol. The Morgan fingerprint density at radius 2 is 2.20 bits per heavy atom. The van der Waals surface area contributed by atoms with Crippen molar-refractivity contribution in [2.24, 2.45) is 0 Å². The molecular formula is C13H18N2O5. The van der Waals surface area contributed by atoms with Crippen molar-refractivity contribution in [1.82, 2.24) is 5.32 Å².